The van der Waals surface area contributed by atoms with Gasteiger partial charge >= 0.3 is 5.97 Å². The van der Waals surface area contributed by atoms with Gasteiger partial charge in [-0.1, -0.05) is 38.7 Å². The molecule has 0 aliphatic carbocycles. The molecule has 0 atom stereocenters. The summed E-state index contributed by atoms with van der Waals surface area (Å²) in [7, 11) is -1.82. The Balaban J connectivity index is 3.14. The molecule has 0 amide bonds. The van der Waals surface area contributed by atoms with Crippen LogP contribution in [0.4, 0.5) is 0 Å². The molecule has 1 N–H and O–H groups in total. The Bertz CT molecular complexity index is 221. The van der Waals surface area contributed by atoms with E-state index in [0.29, 0.717) is 6.61 Å². The van der Waals surface area contributed by atoms with E-state index in [4.69, 9.17) is 4.74 Å². The van der Waals surface area contributed by atoms with Crippen LogP contribution in [0.15, 0.2) is 12.7 Å². The molecule has 0 aromatic carbocycles. The van der Waals surface area contributed by atoms with Gasteiger partial charge in [-0.15, -0.1) is 0 Å². The lowest BCUT2D eigenvalue weighted by Gasteiger charge is -2.12. The van der Waals surface area contributed by atoms with Gasteiger partial charge in [0.05, 0.1) is 6.61 Å². The van der Waals surface area contributed by atoms with Gasteiger partial charge in [-0.2, -0.15) is 0 Å². The standard InChI is InChI=1S/C13H26O3Si/c1-4-13(14)16-11-9-7-5-6-8-10-12-17(2,3)15/h4,15H,1,5-12H2,2-3H3. The van der Waals surface area contributed by atoms with E-state index in [1.807, 2.05) is 13.1 Å². The topological polar surface area (TPSA) is 46.5 Å². The van der Waals surface area contributed by atoms with Crippen LogP contribution in [0, 0.1) is 0 Å². The van der Waals surface area contributed by atoms with E-state index in [1.165, 1.54) is 25.3 Å². The van der Waals surface area contributed by atoms with E-state index in [0.717, 1.165) is 25.3 Å². The Morgan fingerprint density at radius 2 is 1.71 bits per heavy atom. The first-order valence-electron chi connectivity index (χ1n) is 6.47. The molecule has 0 aromatic rings. The van der Waals surface area contributed by atoms with Crippen LogP contribution in [0.3, 0.4) is 0 Å². The lowest BCUT2D eigenvalue weighted by molar-refractivity contribution is -0.137. The average molecular weight is 258 g/mol. The summed E-state index contributed by atoms with van der Waals surface area (Å²) < 4.78 is 4.88. The summed E-state index contributed by atoms with van der Waals surface area (Å²) in [6, 6.07) is 1.00. The zero-order valence-corrected chi connectivity index (χ0v) is 12.2. The molecular weight excluding hydrogens is 232 g/mol. The Morgan fingerprint density at radius 1 is 1.18 bits per heavy atom. The average Bonchev–Trinajstić information content (AvgIpc) is 2.25. The molecule has 0 saturated carbocycles. The Hall–Kier alpha value is -0.613. The van der Waals surface area contributed by atoms with E-state index in [9.17, 15) is 9.59 Å². The van der Waals surface area contributed by atoms with Crippen molar-refractivity contribution in [3.63, 3.8) is 0 Å². The number of hydrogen-bond donors (Lipinski definition) is 1. The number of unbranched alkanes of at least 4 members (excludes halogenated alkanes) is 5. The second kappa shape index (κ2) is 9.42. The van der Waals surface area contributed by atoms with Crippen LogP contribution in [0.2, 0.25) is 19.1 Å². The fourth-order valence-corrected chi connectivity index (χ4v) is 2.71. The molecule has 0 spiro atoms. The molecule has 100 valence electrons. The van der Waals surface area contributed by atoms with Crippen molar-refractivity contribution in [1.82, 2.24) is 0 Å². The molecule has 0 aromatic heterocycles. The first kappa shape index (κ1) is 16.4. The third-order valence-electron chi connectivity index (χ3n) is 2.59. The van der Waals surface area contributed by atoms with Gasteiger partial charge in [0.1, 0.15) is 0 Å². The Morgan fingerprint density at radius 3 is 2.24 bits per heavy atom. The van der Waals surface area contributed by atoms with Crippen molar-refractivity contribution in [3.8, 4) is 0 Å². The molecule has 0 saturated heterocycles. The number of carbonyl (C=O) groups excluding carboxylic acids is 1. The number of ether oxygens (including phenoxy) is 1. The fourth-order valence-electron chi connectivity index (χ4n) is 1.60. The van der Waals surface area contributed by atoms with E-state index in [-0.39, 0.29) is 5.97 Å². The van der Waals surface area contributed by atoms with Gasteiger partial charge in [0.2, 0.25) is 0 Å². The molecular formula is C13H26O3Si. The predicted molar refractivity (Wildman–Crippen MR) is 73.4 cm³/mol. The molecule has 17 heavy (non-hydrogen) atoms. The molecule has 0 aliphatic heterocycles. The molecule has 0 unspecified atom stereocenters. The number of carbonyl (C=O) groups is 1. The third-order valence-corrected chi connectivity index (χ3v) is 4.17. The maximum atomic E-state index is 10.7. The van der Waals surface area contributed by atoms with Crippen LogP contribution in [0.25, 0.3) is 0 Å². The smallest absolute Gasteiger partial charge is 0.330 e. The van der Waals surface area contributed by atoms with E-state index in [1.54, 1.807) is 0 Å². The maximum Gasteiger partial charge on any atom is 0.330 e. The summed E-state index contributed by atoms with van der Waals surface area (Å²) in [5.74, 6) is -0.333. The van der Waals surface area contributed by atoms with E-state index >= 15 is 0 Å². The molecule has 4 heteroatoms. The number of esters is 1. The number of rotatable bonds is 10. The van der Waals surface area contributed by atoms with E-state index in [2.05, 4.69) is 6.58 Å². The normalized spacial score (nSPS) is 11.2. The van der Waals surface area contributed by atoms with Crippen LogP contribution in [-0.4, -0.2) is 25.7 Å². The first-order chi connectivity index (χ1) is 7.95. The van der Waals surface area contributed by atoms with Crippen molar-refractivity contribution in [1.29, 1.82) is 0 Å². The Labute approximate surface area is 106 Å². The van der Waals surface area contributed by atoms with Crippen LogP contribution < -0.4 is 0 Å². The highest BCUT2D eigenvalue weighted by Crippen LogP contribution is 2.13. The molecule has 0 radical (unpaired) electrons. The Kier molecular flexibility index (Phi) is 9.08. The van der Waals surface area contributed by atoms with Crippen LogP contribution in [0.1, 0.15) is 38.5 Å². The minimum absolute atomic E-state index is 0.333. The molecule has 3 nitrogen and oxygen atoms in total. The highest BCUT2D eigenvalue weighted by molar-refractivity contribution is 6.69. The third kappa shape index (κ3) is 13.3. The molecule has 0 aliphatic rings. The van der Waals surface area contributed by atoms with Gasteiger partial charge in [0.25, 0.3) is 0 Å². The number of hydrogen-bond acceptors (Lipinski definition) is 3. The monoisotopic (exact) mass is 258 g/mol. The predicted octanol–water partition coefficient (Wildman–Crippen LogP) is 3.25. The quantitative estimate of drug-likeness (QED) is 0.283. The van der Waals surface area contributed by atoms with Crippen molar-refractivity contribution in [3.05, 3.63) is 12.7 Å². The van der Waals surface area contributed by atoms with E-state index < -0.39 is 8.32 Å². The lowest BCUT2D eigenvalue weighted by atomic mass is 10.1. The minimum atomic E-state index is -1.82. The summed E-state index contributed by atoms with van der Waals surface area (Å²) in [6.45, 7) is 7.81. The van der Waals surface area contributed by atoms with Crippen LogP contribution in [0.5, 0.6) is 0 Å². The first-order valence-corrected chi connectivity index (χ1v) is 9.63. The van der Waals surface area contributed by atoms with Crippen molar-refractivity contribution in [2.24, 2.45) is 0 Å². The largest absolute Gasteiger partial charge is 0.463 e. The summed E-state index contributed by atoms with van der Waals surface area (Å²) in [5.41, 5.74) is 0. The molecule has 0 fully saturated rings. The van der Waals surface area contributed by atoms with Gasteiger partial charge in [0, 0.05) is 6.08 Å². The summed E-state index contributed by atoms with van der Waals surface area (Å²) in [6.07, 6.45) is 7.95. The highest BCUT2D eigenvalue weighted by Gasteiger charge is 2.14. The minimum Gasteiger partial charge on any atom is -0.463 e. The zero-order chi connectivity index (χ0) is 13.1. The van der Waals surface area contributed by atoms with Crippen molar-refractivity contribution in [2.45, 2.75) is 57.7 Å². The van der Waals surface area contributed by atoms with Gasteiger partial charge in [-0.25, -0.2) is 4.79 Å². The van der Waals surface area contributed by atoms with Gasteiger partial charge < -0.3 is 9.53 Å². The second-order valence-electron chi connectivity index (χ2n) is 5.06. The SMILES string of the molecule is C=CC(=O)OCCCCCCCC[Si](C)(C)O. The zero-order valence-electron chi connectivity index (χ0n) is 11.2. The van der Waals surface area contributed by atoms with Crippen LogP contribution >= 0.6 is 0 Å². The summed E-state index contributed by atoms with van der Waals surface area (Å²) in [4.78, 5) is 20.4. The molecule has 0 bridgehead atoms. The van der Waals surface area contributed by atoms with Crippen molar-refractivity contribution in [2.75, 3.05) is 6.61 Å². The molecule has 0 rings (SSSR count). The van der Waals surface area contributed by atoms with Crippen molar-refractivity contribution >= 4 is 14.3 Å². The second-order valence-corrected chi connectivity index (χ2v) is 9.18. The fraction of sp³-hybridized carbons (Fsp3) is 0.769. The van der Waals surface area contributed by atoms with Gasteiger partial charge in [-0.3, -0.25) is 0 Å². The lowest BCUT2D eigenvalue weighted by Crippen LogP contribution is -2.23. The van der Waals surface area contributed by atoms with Gasteiger partial charge in [0.15, 0.2) is 8.32 Å². The van der Waals surface area contributed by atoms with Gasteiger partial charge in [-0.05, 0) is 25.6 Å². The summed E-state index contributed by atoms with van der Waals surface area (Å²) >= 11 is 0. The maximum absolute atomic E-state index is 10.7. The molecule has 0 heterocycles. The van der Waals surface area contributed by atoms with Crippen LogP contribution in [-0.2, 0) is 9.53 Å². The van der Waals surface area contributed by atoms with Crippen molar-refractivity contribution < 1.29 is 14.3 Å². The summed E-state index contributed by atoms with van der Waals surface area (Å²) in [5, 5.41) is 0. The highest BCUT2D eigenvalue weighted by atomic mass is 28.4.